The van der Waals surface area contributed by atoms with Gasteiger partial charge in [0.15, 0.2) is 0 Å². The van der Waals surface area contributed by atoms with Crippen molar-refractivity contribution in [2.75, 3.05) is 5.32 Å². The molecule has 2 aromatic rings. The molecule has 0 aliphatic carbocycles. The molecule has 0 saturated heterocycles. The highest BCUT2D eigenvalue weighted by molar-refractivity contribution is 7.11. The topological polar surface area (TPSA) is 62.2 Å². The minimum atomic E-state index is -0.920. The van der Waals surface area contributed by atoms with Gasteiger partial charge in [0.05, 0.1) is 11.6 Å². The second-order valence-corrected chi connectivity index (χ2v) is 5.89. The van der Waals surface area contributed by atoms with Gasteiger partial charge >= 0.3 is 5.97 Å². The third-order valence-electron chi connectivity index (χ3n) is 3.07. The summed E-state index contributed by atoms with van der Waals surface area (Å²) in [6.45, 7) is 5.97. The van der Waals surface area contributed by atoms with E-state index in [0.717, 1.165) is 17.0 Å². The highest BCUT2D eigenvalue weighted by Gasteiger charge is 2.15. The number of nitrogens with one attached hydrogen (secondary N) is 1. The van der Waals surface area contributed by atoms with Crippen LogP contribution >= 0.6 is 11.3 Å². The zero-order valence-electron chi connectivity index (χ0n) is 11.8. The maximum absolute atomic E-state index is 11.3. The van der Waals surface area contributed by atoms with Gasteiger partial charge < -0.3 is 10.4 Å². The lowest BCUT2D eigenvalue weighted by atomic mass is 10.1. The number of hydrogen-bond donors (Lipinski definition) is 2. The van der Waals surface area contributed by atoms with E-state index in [4.69, 9.17) is 0 Å². The van der Waals surface area contributed by atoms with Gasteiger partial charge in [-0.05, 0) is 32.4 Å². The monoisotopic (exact) mass is 290 g/mol. The fraction of sp³-hybridized carbons (Fsp3) is 0.333. The number of aromatic carboxylic acids is 1. The van der Waals surface area contributed by atoms with Crippen molar-refractivity contribution in [1.82, 2.24) is 4.98 Å². The number of aromatic nitrogens is 1. The maximum atomic E-state index is 11.3. The van der Waals surface area contributed by atoms with E-state index < -0.39 is 5.97 Å². The molecule has 1 aromatic heterocycles. The molecule has 1 aromatic carbocycles. The molecule has 4 nitrogen and oxygen atoms in total. The van der Waals surface area contributed by atoms with Crippen LogP contribution in [0.15, 0.2) is 24.4 Å². The predicted molar refractivity (Wildman–Crippen MR) is 81.7 cm³/mol. The number of benzene rings is 1. The number of carboxylic acids is 1. The predicted octanol–water partition coefficient (Wildman–Crippen LogP) is 3.89. The summed E-state index contributed by atoms with van der Waals surface area (Å²) < 4.78 is 0. The van der Waals surface area contributed by atoms with E-state index in [2.05, 4.69) is 17.2 Å². The molecule has 0 amide bonds. The molecule has 1 heterocycles. The molecule has 1 atom stereocenters. The van der Waals surface area contributed by atoms with Gasteiger partial charge in [-0.3, -0.25) is 0 Å². The zero-order valence-corrected chi connectivity index (χ0v) is 12.6. The van der Waals surface area contributed by atoms with E-state index in [1.165, 1.54) is 4.88 Å². The van der Waals surface area contributed by atoms with E-state index in [1.807, 2.05) is 32.2 Å². The summed E-state index contributed by atoms with van der Waals surface area (Å²) in [4.78, 5) is 16.9. The first kappa shape index (κ1) is 14.5. The molecular formula is C15H18N2O2S. The summed E-state index contributed by atoms with van der Waals surface area (Å²) in [6.07, 6.45) is 2.85. The van der Waals surface area contributed by atoms with Gasteiger partial charge in [-0.25, -0.2) is 9.78 Å². The minimum Gasteiger partial charge on any atom is -0.478 e. The molecule has 0 spiro atoms. The summed E-state index contributed by atoms with van der Waals surface area (Å²) in [5.41, 5.74) is 1.86. The first-order valence-corrected chi connectivity index (χ1v) is 7.38. The number of hydrogen-bond acceptors (Lipinski definition) is 4. The number of carbonyl (C=O) groups is 1. The van der Waals surface area contributed by atoms with Gasteiger partial charge in [0, 0.05) is 16.8 Å². The second-order valence-electron chi connectivity index (χ2n) is 4.74. The Labute approximate surface area is 122 Å². The molecule has 2 N–H and O–H groups in total. The summed E-state index contributed by atoms with van der Waals surface area (Å²) >= 11 is 1.66. The molecule has 0 saturated carbocycles. The van der Waals surface area contributed by atoms with Crippen molar-refractivity contribution in [2.24, 2.45) is 0 Å². The Hall–Kier alpha value is -1.88. The van der Waals surface area contributed by atoms with Crippen LogP contribution in [0.1, 0.15) is 45.7 Å². The molecule has 1 unspecified atom stereocenters. The van der Waals surface area contributed by atoms with Gasteiger partial charge in [-0.15, -0.1) is 11.3 Å². The van der Waals surface area contributed by atoms with Crippen LogP contribution in [0.25, 0.3) is 0 Å². The fourth-order valence-corrected chi connectivity index (χ4v) is 2.80. The van der Waals surface area contributed by atoms with Crippen molar-refractivity contribution in [2.45, 2.75) is 33.2 Å². The zero-order chi connectivity index (χ0) is 14.7. The molecule has 0 aliphatic rings. The Morgan fingerprint density at radius 3 is 2.85 bits per heavy atom. The third kappa shape index (κ3) is 3.17. The SMILES string of the molecule is CCc1cnc(C(C)Nc2ccc(C)cc2C(=O)O)s1. The minimum absolute atomic E-state index is 0.0129. The van der Waals surface area contributed by atoms with E-state index >= 15 is 0 Å². The van der Waals surface area contributed by atoms with Crippen LogP contribution in [0.4, 0.5) is 5.69 Å². The molecule has 0 radical (unpaired) electrons. The number of anilines is 1. The Bertz CT molecular complexity index is 622. The van der Waals surface area contributed by atoms with Crippen LogP contribution in [-0.2, 0) is 6.42 Å². The molecule has 5 heteroatoms. The Balaban J connectivity index is 2.23. The highest BCUT2D eigenvalue weighted by Crippen LogP contribution is 2.26. The normalized spacial score (nSPS) is 12.2. The summed E-state index contributed by atoms with van der Waals surface area (Å²) in [6, 6.07) is 5.38. The Kier molecular flexibility index (Phi) is 4.39. The number of thiazole rings is 1. The number of nitrogens with zero attached hydrogens (tertiary/aromatic N) is 1. The van der Waals surface area contributed by atoms with Crippen LogP contribution in [0, 0.1) is 6.92 Å². The first-order valence-electron chi connectivity index (χ1n) is 6.56. The second kappa shape index (κ2) is 6.05. The molecule has 0 bridgehead atoms. The molecule has 0 aliphatic heterocycles. The van der Waals surface area contributed by atoms with Gasteiger partial charge in [-0.2, -0.15) is 0 Å². The van der Waals surface area contributed by atoms with Gasteiger partial charge in [0.25, 0.3) is 0 Å². The Morgan fingerprint density at radius 1 is 1.50 bits per heavy atom. The van der Waals surface area contributed by atoms with Crippen molar-refractivity contribution in [1.29, 1.82) is 0 Å². The smallest absolute Gasteiger partial charge is 0.337 e. The quantitative estimate of drug-likeness (QED) is 0.877. The van der Waals surface area contributed by atoms with Crippen molar-refractivity contribution >= 4 is 23.0 Å². The number of carboxylic acid groups (broad SMARTS) is 1. The molecule has 20 heavy (non-hydrogen) atoms. The lowest BCUT2D eigenvalue weighted by molar-refractivity contribution is 0.0698. The molecule has 2 rings (SSSR count). The van der Waals surface area contributed by atoms with Gasteiger partial charge in [0.2, 0.25) is 0 Å². The fourth-order valence-electron chi connectivity index (χ4n) is 1.94. The van der Waals surface area contributed by atoms with E-state index in [1.54, 1.807) is 17.4 Å². The lowest BCUT2D eigenvalue weighted by Gasteiger charge is -2.15. The van der Waals surface area contributed by atoms with Gasteiger partial charge in [0.1, 0.15) is 5.01 Å². The lowest BCUT2D eigenvalue weighted by Crippen LogP contribution is -2.10. The summed E-state index contributed by atoms with van der Waals surface area (Å²) in [5, 5.41) is 13.5. The van der Waals surface area contributed by atoms with Crippen LogP contribution in [0.5, 0.6) is 0 Å². The summed E-state index contributed by atoms with van der Waals surface area (Å²) in [5.74, 6) is -0.920. The van der Waals surface area contributed by atoms with E-state index in [-0.39, 0.29) is 6.04 Å². The first-order chi connectivity index (χ1) is 9.51. The molecular weight excluding hydrogens is 272 g/mol. The van der Waals surface area contributed by atoms with Crippen LogP contribution in [0.2, 0.25) is 0 Å². The Morgan fingerprint density at radius 2 is 2.25 bits per heavy atom. The van der Waals surface area contributed by atoms with E-state index in [0.29, 0.717) is 11.3 Å². The summed E-state index contributed by atoms with van der Waals surface area (Å²) in [7, 11) is 0. The molecule has 0 fully saturated rings. The highest BCUT2D eigenvalue weighted by atomic mass is 32.1. The number of rotatable bonds is 5. The van der Waals surface area contributed by atoms with Crippen LogP contribution in [0.3, 0.4) is 0 Å². The average molecular weight is 290 g/mol. The maximum Gasteiger partial charge on any atom is 0.337 e. The number of aryl methyl sites for hydroxylation is 2. The van der Waals surface area contributed by atoms with Gasteiger partial charge in [-0.1, -0.05) is 18.6 Å². The van der Waals surface area contributed by atoms with Crippen molar-refractivity contribution in [3.05, 3.63) is 45.4 Å². The standard InChI is InChI=1S/C15H18N2O2S/c1-4-11-8-16-14(20-11)10(3)17-13-6-5-9(2)7-12(13)15(18)19/h5-8,10,17H,4H2,1-3H3,(H,18,19). The van der Waals surface area contributed by atoms with Crippen molar-refractivity contribution < 1.29 is 9.90 Å². The molecule has 106 valence electrons. The van der Waals surface area contributed by atoms with Crippen molar-refractivity contribution in [3.8, 4) is 0 Å². The third-order valence-corrected chi connectivity index (χ3v) is 4.39. The largest absolute Gasteiger partial charge is 0.478 e. The average Bonchev–Trinajstić information content (AvgIpc) is 2.89. The van der Waals surface area contributed by atoms with E-state index in [9.17, 15) is 9.90 Å². The van der Waals surface area contributed by atoms with Crippen molar-refractivity contribution in [3.63, 3.8) is 0 Å². The van der Waals surface area contributed by atoms with Crippen LogP contribution in [-0.4, -0.2) is 16.1 Å². The van der Waals surface area contributed by atoms with Crippen LogP contribution < -0.4 is 5.32 Å².